The topological polar surface area (TPSA) is 95.6 Å². The summed E-state index contributed by atoms with van der Waals surface area (Å²) in [6.07, 6.45) is 0.477. The molecule has 1 saturated heterocycles. The average Bonchev–Trinajstić information content (AvgIpc) is 2.81. The van der Waals surface area contributed by atoms with Gasteiger partial charge in [-0.3, -0.25) is 4.79 Å². The van der Waals surface area contributed by atoms with Gasteiger partial charge in [0.15, 0.2) is 9.84 Å². The van der Waals surface area contributed by atoms with Gasteiger partial charge in [0, 0.05) is 30.9 Å². The molecule has 0 radical (unpaired) electrons. The molecule has 1 aliphatic rings. The van der Waals surface area contributed by atoms with E-state index < -0.39 is 9.84 Å². The average molecular weight is 339 g/mol. The van der Waals surface area contributed by atoms with E-state index in [1.165, 1.54) is 6.92 Å². The normalized spacial score (nSPS) is 19.1. The van der Waals surface area contributed by atoms with Crippen LogP contribution < -0.4 is 10.6 Å². The quantitative estimate of drug-likeness (QED) is 0.872. The molecule has 2 rings (SSSR count). The molecule has 0 saturated carbocycles. The Morgan fingerprint density at radius 1 is 1.17 bits per heavy atom. The molecule has 23 heavy (non-hydrogen) atoms. The molecule has 1 aromatic rings. The van der Waals surface area contributed by atoms with Crippen molar-refractivity contribution in [2.24, 2.45) is 0 Å². The highest BCUT2D eigenvalue weighted by Gasteiger charge is 2.33. The van der Waals surface area contributed by atoms with Crippen LogP contribution >= 0.6 is 0 Å². The molecule has 3 amide bonds. The van der Waals surface area contributed by atoms with Gasteiger partial charge in [-0.2, -0.15) is 0 Å². The van der Waals surface area contributed by atoms with Gasteiger partial charge in [0.1, 0.15) is 0 Å². The summed E-state index contributed by atoms with van der Waals surface area (Å²) >= 11 is 0. The first-order chi connectivity index (χ1) is 10.8. The Morgan fingerprint density at radius 2 is 1.74 bits per heavy atom. The molecule has 1 atom stereocenters. The van der Waals surface area contributed by atoms with E-state index in [0.717, 1.165) is 0 Å². The molecule has 1 aromatic carbocycles. The number of nitrogens with one attached hydrogen (secondary N) is 2. The maximum atomic E-state index is 12.4. The van der Waals surface area contributed by atoms with Gasteiger partial charge in [-0.25, -0.2) is 13.2 Å². The number of nitrogens with zero attached hydrogens (tertiary/aromatic N) is 1. The molecule has 0 bridgehead atoms. The fourth-order valence-electron chi connectivity index (χ4n) is 2.62. The third kappa shape index (κ3) is 4.69. The predicted molar refractivity (Wildman–Crippen MR) is 89.2 cm³/mol. The van der Waals surface area contributed by atoms with Crippen molar-refractivity contribution >= 4 is 33.2 Å². The highest BCUT2D eigenvalue weighted by atomic mass is 32.2. The predicted octanol–water partition coefficient (Wildman–Crippen LogP) is 1.69. The van der Waals surface area contributed by atoms with Crippen LogP contribution in [0.4, 0.5) is 16.2 Å². The van der Waals surface area contributed by atoms with Crippen molar-refractivity contribution in [1.29, 1.82) is 0 Å². The number of carbonyl (C=O) groups excluding carboxylic acids is 2. The van der Waals surface area contributed by atoms with Crippen molar-refractivity contribution in [3.8, 4) is 0 Å². The molecule has 1 aliphatic heterocycles. The first-order valence-electron chi connectivity index (χ1n) is 7.46. The highest BCUT2D eigenvalue weighted by molar-refractivity contribution is 7.91. The van der Waals surface area contributed by atoms with Crippen LogP contribution in [0.3, 0.4) is 0 Å². The number of hydrogen-bond acceptors (Lipinski definition) is 4. The lowest BCUT2D eigenvalue weighted by Gasteiger charge is -2.27. The van der Waals surface area contributed by atoms with Crippen LogP contribution in [0.1, 0.15) is 20.3 Å². The number of anilines is 2. The molecule has 1 fully saturated rings. The Hall–Kier alpha value is -2.09. The minimum absolute atomic E-state index is 0.0235. The number of rotatable bonds is 4. The number of hydrogen-bond donors (Lipinski definition) is 2. The Morgan fingerprint density at radius 3 is 2.17 bits per heavy atom. The van der Waals surface area contributed by atoms with Gasteiger partial charge in [0.05, 0.1) is 11.5 Å². The maximum Gasteiger partial charge on any atom is 0.322 e. The Bertz CT molecular complexity index is 685. The summed E-state index contributed by atoms with van der Waals surface area (Å²) in [7, 11) is -3.04. The summed E-state index contributed by atoms with van der Waals surface area (Å²) < 4.78 is 23.1. The van der Waals surface area contributed by atoms with E-state index in [2.05, 4.69) is 10.6 Å². The van der Waals surface area contributed by atoms with Gasteiger partial charge in [0.25, 0.3) is 0 Å². The van der Waals surface area contributed by atoms with Crippen LogP contribution in [-0.2, 0) is 14.6 Å². The third-order valence-corrected chi connectivity index (χ3v) is 5.46. The van der Waals surface area contributed by atoms with Crippen molar-refractivity contribution in [2.45, 2.75) is 26.3 Å². The summed E-state index contributed by atoms with van der Waals surface area (Å²) in [6.45, 7) is 3.69. The van der Waals surface area contributed by atoms with Gasteiger partial charge in [-0.05, 0) is 37.6 Å². The zero-order chi connectivity index (χ0) is 17.0. The Kier molecular flexibility index (Phi) is 5.25. The third-order valence-electron chi connectivity index (χ3n) is 3.71. The minimum Gasteiger partial charge on any atom is -0.326 e. The fraction of sp³-hybridized carbons (Fsp3) is 0.467. The monoisotopic (exact) mass is 339 g/mol. The van der Waals surface area contributed by atoms with Crippen molar-refractivity contribution < 1.29 is 18.0 Å². The van der Waals surface area contributed by atoms with Crippen molar-refractivity contribution in [3.05, 3.63) is 24.3 Å². The second kappa shape index (κ2) is 6.99. The molecule has 8 heteroatoms. The van der Waals surface area contributed by atoms with E-state index in [4.69, 9.17) is 0 Å². The lowest BCUT2D eigenvalue weighted by atomic mass is 10.2. The molecular weight excluding hydrogens is 318 g/mol. The molecular formula is C15H21N3O4S. The van der Waals surface area contributed by atoms with E-state index in [0.29, 0.717) is 24.3 Å². The lowest BCUT2D eigenvalue weighted by Crippen LogP contribution is -2.43. The SMILES string of the molecule is CCN(C(=O)Nc1ccc(NC(C)=O)cc1)C1CCS(=O)(=O)C1. The maximum absolute atomic E-state index is 12.4. The van der Waals surface area contributed by atoms with Gasteiger partial charge in [0.2, 0.25) is 5.91 Å². The van der Waals surface area contributed by atoms with Crippen LogP contribution in [0.2, 0.25) is 0 Å². The standard InChI is InChI=1S/C15H21N3O4S/c1-3-18(14-8-9-23(21,22)10-14)15(20)17-13-6-4-12(5-7-13)16-11(2)19/h4-7,14H,3,8-10H2,1-2H3,(H,16,19)(H,17,20). The Labute approximate surface area is 136 Å². The molecule has 0 aromatic heterocycles. The first-order valence-corrected chi connectivity index (χ1v) is 9.28. The number of urea groups is 1. The summed E-state index contributed by atoms with van der Waals surface area (Å²) in [5.74, 6) is -0.0100. The molecule has 7 nitrogen and oxygen atoms in total. The van der Waals surface area contributed by atoms with E-state index >= 15 is 0 Å². The van der Waals surface area contributed by atoms with Crippen LogP contribution in [0, 0.1) is 0 Å². The van der Waals surface area contributed by atoms with Crippen LogP contribution in [0.5, 0.6) is 0 Å². The highest BCUT2D eigenvalue weighted by Crippen LogP contribution is 2.19. The van der Waals surface area contributed by atoms with E-state index in [-0.39, 0.29) is 29.5 Å². The minimum atomic E-state index is -3.04. The molecule has 1 heterocycles. The summed E-state index contributed by atoms with van der Waals surface area (Å²) in [5, 5.41) is 5.40. The molecule has 0 spiro atoms. The second-order valence-corrected chi connectivity index (χ2v) is 7.76. The lowest BCUT2D eigenvalue weighted by molar-refractivity contribution is -0.114. The number of amides is 3. The fourth-order valence-corrected chi connectivity index (χ4v) is 4.35. The summed E-state index contributed by atoms with van der Waals surface area (Å²) in [6, 6.07) is 6.15. The molecule has 1 unspecified atom stereocenters. The van der Waals surface area contributed by atoms with Crippen LogP contribution in [-0.4, -0.2) is 49.3 Å². The van der Waals surface area contributed by atoms with Crippen LogP contribution in [0.15, 0.2) is 24.3 Å². The van der Waals surface area contributed by atoms with Crippen LogP contribution in [0.25, 0.3) is 0 Å². The molecule has 126 valence electrons. The van der Waals surface area contributed by atoms with E-state index in [9.17, 15) is 18.0 Å². The summed E-state index contributed by atoms with van der Waals surface area (Å²) in [4.78, 5) is 24.9. The molecule has 2 N–H and O–H groups in total. The number of sulfone groups is 1. The smallest absolute Gasteiger partial charge is 0.322 e. The van der Waals surface area contributed by atoms with Crippen molar-refractivity contribution in [2.75, 3.05) is 28.7 Å². The zero-order valence-corrected chi connectivity index (χ0v) is 14.0. The van der Waals surface area contributed by atoms with Crippen molar-refractivity contribution in [1.82, 2.24) is 4.90 Å². The Balaban J connectivity index is 2.00. The van der Waals surface area contributed by atoms with E-state index in [1.54, 1.807) is 29.2 Å². The largest absolute Gasteiger partial charge is 0.326 e. The van der Waals surface area contributed by atoms with Crippen molar-refractivity contribution in [3.63, 3.8) is 0 Å². The van der Waals surface area contributed by atoms with Gasteiger partial charge < -0.3 is 15.5 Å². The van der Waals surface area contributed by atoms with Gasteiger partial charge >= 0.3 is 6.03 Å². The van der Waals surface area contributed by atoms with Gasteiger partial charge in [-0.15, -0.1) is 0 Å². The second-order valence-electron chi connectivity index (χ2n) is 5.53. The zero-order valence-electron chi connectivity index (χ0n) is 13.2. The summed E-state index contributed by atoms with van der Waals surface area (Å²) in [5.41, 5.74) is 1.23. The van der Waals surface area contributed by atoms with E-state index in [1.807, 2.05) is 6.92 Å². The number of benzene rings is 1. The van der Waals surface area contributed by atoms with Gasteiger partial charge in [-0.1, -0.05) is 0 Å². The number of carbonyl (C=O) groups is 2. The molecule has 0 aliphatic carbocycles. The first kappa shape index (κ1) is 17.3.